The molecule has 0 fully saturated rings. The van der Waals surface area contributed by atoms with Gasteiger partial charge in [-0.1, -0.05) is 0 Å². The van der Waals surface area contributed by atoms with Crippen LogP contribution in [0.1, 0.15) is 11.1 Å². The van der Waals surface area contributed by atoms with Crippen LogP contribution in [0.3, 0.4) is 0 Å². The molecule has 0 saturated heterocycles. The van der Waals surface area contributed by atoms with E-state index < -0.39 is 0 Å². The summed E-state index contributed by atoms with van der Waals surface area (Å²) in [5.74, 6) is 1.41. The molecule has 2 N–H and O–H groups in total. The number of rotatable bonds is 7. The van der Waals surface area contributed by atoms with Crippen molar-refractivity contribution in [2.75, 3.05) is 27.3 Å². The monoisotopic (exact) mass is 418 g/mol. The van der Waals surface area contributed by atoms with Crippen molar-refractivity contribution in [2.45, 2.75) is 0 Å². The quantitative estimate of drug-likeness (QED) is 0.366. The topological polar surface area (TPSA) is 83.6 Å². The van der Waals surface area contributed by atoms with Gasteiger partial charge in [-0.15, -0.1) is 0 Å². The van der Waals surface area contributed by atoms with Crippen molar-refractivity contribution in [3.63, 3.8) is 0 Å². The average molecular weight is 419 g/mol. The first kappa shape index (κ1) is 23.8. The van der Waals surface area contributed by atoms with Crippen LogP contribution < -0.4 is 21.9 Å². The number of ether oxygens (including phenoxy) is 2. The second-order valence-corrected chi connectivity index (χ2v) is 4.92. The molecular formula is C18H20ClMnN2O4+. The maximum absolute atomic E-state index is 9.81. The van der Waals surface area contributed by atoms with Gasteiger partial charge < -0.3 is 32.1 Å². The van der Waals surface area contributed by atoms with E-state index in [1.165, 1.54) is 12.1 Å². The van der Waals surface area contributed by atoms with Crippen molar-refractivity contribution < 1.29 is 49.2 Å². The minimum Gasteiger partial charge on any atom is -1.00 e. The van der Waals surface area contributed by atoms with E-state index >= 15 is 0 Å². The predicted octanol–water partition coefficient (Wildman–Crippen LogP) is -0.346. The predicted molar refractivity (Wildman–Crippen MR) is 94.2 cm³/mol. The molecule has 0 aromatic heterocycles. The average Bonchev–Trinajstić information content (AvgIpc) is 2.60. The molecule has 2 aromatic carbocycles. The molecule has 1 radical (unpaired) electrons. The van der Waals surface area contributed by atoms with Gasteiger partial charge in [0.2, 0.25) is 0 Å². The van der Waals surface area contributed by atoms with Crippen LogP contribution in [0, 0.1) is 0 Å². The van der Waals surface area contributed by atoms with Gasteiger partial charge in [0.1, 0.15) is 23.0 Å². The number of hydrogen-bond donors (Lipinski definition) is 2. The van der Waals surface area contributed by atoms with Crippen LogP contribution in [0.25, 0.3) is 0 Å². The van der Waals surface area contributed by atoms with Crippen LogP contribution in [-0.2, 0) is 17.1 Å². The van der Waals surface area contributed by atoms with Gasteiger partial charge in [0.15, 0.2) is 0 Å². The SMILES string of the molecule is COc1ccc(C=NCCN=Cc2ccc(OC)cc2O)c(O)c1.[Cl-].[Mn+2]. The second kappa shape index (κ2) is 12.2. The number of aromatic hydroxyl groups is 2. The second-order valence-electron chi connectivity index (χ2n) is 4.92. The van der Waals surface area contributed by atoms with Crippen molar-refractivity contribution in [3.8, 4) is 23.0 Å². The van der Waals surface area contributed by atoms with Crippen LogP contribution in [-0.4, -0.2) is 50.0 Å². The Bertz CT molecular complexity index is 690. The Balaban J connectivity index is 0.00000312. The molecule has 0 amide bonds. The van der Waals surface area contributed by atoms with Crippen molar-refractivity contribution >= 4 is 12.4 Å². The van der Waals surface area contributed by atoms with E-state index in [0.717, 1.165) is 0 Å². The molecule has 2 aromatic rings. The van der Waals surface area contributed by atoms with Crippen LogP contribution in [0.15, 0.2) is 46.4 Å². The van der Waals surface area contributed by atoms with Crippen molar-refractivity contribution in [3.05, 3.63) is 47.5 Å². The van der Waals surface area contributed by atoms with Gasteiger partial charge in [0.25, 0.3) is 0 Å². The first-order chi connectivity index (χ1) is 11.6. The molecule has 0 saturated carbocycles. The summed E-state index contributed by atoms with van der Waals surface area (Å²) in [5, 5.41) is 19.6. The number of phenolic OH excluding ortho intramolecular Hbond substituents is 2. The standard InChI is InChI=1S/C18H20N2O4.ClH.Mn/c1-23-15-5-3-13(17(21)9-15)11-19-7-8-20-12-14-4-6-16(24-2)10-18(14)22;;/h3-6,9-12,21-22H,7-8H2,1-2H3;1H;/q;;+2/p-1. The summed E-state index contributed by atoms with van der Waals surface area (Å²) in [7, 11) is 3.09. The molecule has 0 heterocycles. The molecule has 0 atom stereocenters. The molecule has 8 heteroatoms. The Morgan fingerprint density at radius 2 is 1.19 bits per heavy atom. The Morgan fingerprint density at radius 1 is 0.808 bits per heavy atom. The third kappa shape index (κ3) is 6.96. The Kier molecular flexibility index (Phi) is 11.2. The molecule has 0 aliphatic rings. The van der Waals surface area contributed by atoms with Crippen LogP contribution >= 0.6 is 0 Å². The summed E-state index contributed by atoms with van der Waals surface area (Å²) in [6.07, 6.45) is 3.18. The van der Waals surface area contributed by atoms with E-state index in [0.29, 0.717) is 35.7 Å². The van der Waals surface area contributed by atoms with Gasteiger partial charge >= 0.3 is 17.1 Å². The third-order valence-electron chi connectivity index (χ3n) is 3.29. The zero-order valence-electron chi connectivity index (χ0n) is 14.4. The number of methoxy groups -OCH3 is 2. The van der Waals surface area contributed by atoms with Gasteiger partial charge in [0, 0.05) is 35.7 Å². The largest absolute Gasteiger partial charge is 2.00 e. The Labute approximate surface area is 169 Å². The fourth-order valence-corrected chi connectivity index (χ4v) is 1.96. The van der Waals surface area contributed by atoms with Gasteiger partial charge in [-0.05, 0) is 24.3 Å². The maximum atomic E-state index is 9.81. The van der Waals surface area contributed by atoms with Gasteiger partial charge in [0.05, 0.1) is 27.3 Å². The molecule has 0 aliphatic carbocycles. The summed E-state index contributed by atoms with van der Waals surface area (Å²) >= 11 is 0. The Morgan fingerprint density at radius 3 is 1.50 bits per heavy atom. The van der Waals surface area contributed by atoms with Crippen LogP contribution in [0.5, 0.6) is 23.0 Å². The number of halogens is 1. The molecule has 0 spiro atoms. The summed E-state index contributed by atoms with van der Waals surface area (Å²) in [6.45, 7) is 0.942. The van der Waals surface area contributed by atoms with Crippen LogP contribution in [0.4, 0.5) is 0 Å². The zero-order chi connectivity index (χ0) is 17.4. The number of aliphatic imine (C=N–C) groups is 2. The summed E-state index contributed by atoms with van der Waals surface area (Å²) < 4.78 is 10.0. The number of phenols is 2. The minimum atomic E-state index is 0. The molecule has 26 heavy (non-hydrogen) atoms. The third-order valence-corrected chi connectivity index (χ3v) is 3.29. The van der Waals surface area contributed by atoms with E-state index in [-0.39, 0.29) is 41.0 Å². The summed E-state index contributed by atoms with van der Waals surface area (Å²) in [4.78, 5) is 8.43. The first-order valence-corrected chi connectivity index (χ1v) is 7.37. The van der Waals surface area contributed by atoms with Gasteiger partial charge in [-0.3, -0.25) is 9.98 Å². The Hall–Kier alpha value is -2.21. The van der Waals surface area contributed by atoms with Crippen molar-refractivity contribution in [2.24, 2.45) is 9.98 Å². The zero-order valence-corrected chi connectivity index (χ0v) is 16.3. The van der Waals surface area contributed by atoms with Crippen LogP contribution in [0.2, 0.25) is 0 Å². The molecular weight excluding hydrogens is 399 g/mol. The molecule has 139 valence electrons. The fourth-order valence-electron chi connectivity index (χ4n) is 1.96. The maximum Gasteiger partial charge on any atom is 2.00 e. The minimum absolute atomic E-state index is 0. The van der Waals surface area contributed by atoms with E-state index in [1.54, 1.807) is 50.9 Å². The normalized spacial score (nSPS) is 10.4. The number of benzene rings is 2. The van der Waals surface area contributed by atoms with Crippen molar-refractivity contribution in [1.29, 1.82) is 0 Å². The molecule has 2 rings (SSSR count). The smallest absolute Gasteiger partial charge is 1.00 e. The first-order valence-electron chi connectivity index (χ1n) is 7.37. The molecule has 0 aliphatic heterocycles. The van der Waals surface area contributed by atoms with E-state index in [4.69, 9.17) is 9.47 Å². The van der Waals surface area contributed by atoms with Gasteiger partial charge in [-0.25, -0.2) is 0 Å². The van der Waals surface area contributed by atoms with Crippen molar-refractivity contribution in [1.82, 2.24) is 0 Å². The fraction of sp³-hybridized carbons (Fsp3) is 0.222. The summed E-state index contributed by atoms with van der Waals surface area (Å²) in [6, 6.07) is 10.0. The summed E-state index contributed by atoms with van der Waals surface area (Å²) in [5.41, 5.74) is 1.24. The van der Waals surface area contributed by atoms with E-state index in [2.05, 4.69) is 9.98 Å². The molecule has 0 bridgehead atoms. The van der Waals surface area contributed by atoms with E-state index in [1.807, 2.05) is 0 Å². The molecule has 6 nitrogen and oxygen atoms in total. The number of nitrogens with zero attached hydrogens (tertiary/aromatic N) is 2. The molecule has 0 unspecified atom stereocenters. The number of hydrogen-bond acceptors (Lipinski definition) is 6. The van der Waals surface area contributed by atoms with Gasteiger partial charge in [-0.2, -0.15) is 0 Å². The van der Waals surface area contributed by atoms with E-state index in [9.17, 15) is 10.2 Å².